The maximum Gasteiger partial charge on any atom is 0.213 e. The standard InChI is InChI=1S/C17H16N4OS/c1-22-15-9-5-3-7-13(15)19-17(23)21-11-10-20-14-8-4-2-6-12(14)18-16(20)21/h2-9H,10-11H2,1H3,(H,19,23). The van der Waals surface area contributed by atoms with Crippen molar-refractivity contribution in [2.45, 2.75) is 6.54 Å². The fourth-order valence-electron chi connectivity index (χ4n) is 2.91. The van der Waals surface area contributed by atoms with E-state index in [1.807, 2.05) is 47.4 Å². The minimum absolute atomic E-state index is 0.628. The highest BCUT2D eigenvalue weighted by atomic mass is 32.1. The molecule has 4 rings (SSSR count). The number of benzene rings is 2. The molecule has 0 unspecified atom stereocenters. The Balaban J connectivity index is 1.64. The quantitative estimate of drug-likeness (QED) is 0.733. The normalized spacial score (nSPS) is 13.2. The molecule has 1 aromatic heterocycles. The fraction of sp³-hybridized carbons (Fsp3) is 0.176. The first-order valence-corrected chi connectivity index (χ1v) is 7.85. The lowest BCUT2D eigenvalue weighted by molar-refractivity contribution is 0.417. The second kappa shape index (κ2) is 5.55. The minimum atomic E-state index is 0.628. The number of methoxy groups -OCH3 is 1. The van der Waals surface area contributed by atoms with Gasteiger partial charge in [0.1, 0.15) is 5.75 Å². The molecule has 0 atom stereocenters. The third kappa shape index (κ3) is 2.31. The topological polar surface area (TPSA) is 42.3 Å². The van der Waals surface area contributed by atoms with Gasteiger partial charge in [-0.1, -0.05) is 24.3 Å². The number of anilines is 2. The second-order valence-electron chi connectivity index (χ2n) is 5.33. The van der Waals surface area contributed by atoms with Crippen molar-refractivity contribution in [3.8, 4) is 5.75 Å². The number of nitrogens with zero attached hydrogens (tertiary/aromatic N) is 3. The van der Waals surface area contributed by atoms with Crippen molar-refractivity contribution >= 4 is 40.0 Å². The Morgan fingerprint density at radius 2 is 1.91 bits per heavy atom. The van der Waals surface area contributed by atoms with Gasteiger partial charge in [0, 0.05) is 13.1 Å². The maximum atomic E-state index is 5.59. The molecule has 0 radical (unpaired) electrons. The second-order valence-corrected chi connectivity index (χ2v) is 5.72. The van der Waals surface area contributed by atoms with E-state index in [2.05, 4.69) is 16.0 Å². The molecule has 3 aromatic rings. The summed E-state index contributed by atoms with van der Waals surface area (Å²) < 4.78 is 7.56. The highest BCUT2D eigenvalue weighted by Gasteiger charge is 2.26. The monoisotopic (exact) mass is 324 g/mol. The molecule has 6 heteroatoms. The maximum absolute atomic E-state index is 5.59. The van der Waals surface area contributed by atoms with E-state index >= 15 is 0 Å². The van der Waals surface area contributed by atoms with Gasteiger partial charge in [-0.2, -0.15) is 0 Å². The Kier molecular flexibility index (Phi) is 3.38. The number of ether oxygens (including phenoxy) is 1. The predicted molar refractivity (Wildman–Crippen MR) is 96.3 cm³/mol. The van der Waals surface area contributed by atoms with Crippen molar-refractivity contribution in [1.29, 1.82) is 0 Å². The van der Waals surface area contributed by atoms with Crippen molar-refractivity contribution in [3.63, 3.8) is 0 Å². The summed E-state index contributed by atoms with van der Waals surface area (Å²) in [7, 11) is 1.65. The predicted octanol–water partition coefficient (Wildman–Crippen LogP) is 3.26. The van der Waals surface area contributed by atoms with Crippen LogP contribution in [0.1, 0.15) is 0 Å². The van der Waals surface area contributed by atoms with Gasteiger partial charge >= 0.3 is 0 Å². The molecular weight excluding hydrogens is 308 g/mol. The Morgan fingerprint density at radius 3 is 2.78 bits per heavy atom. The van der Waals surface area contributed by atoms with Gasteiger partial charge in [-0.15, -0.1) is 0 Å². The SMILES string of the molecule is COc1ccccc1NC(=S)N1CCn2c1nc1ccccc12. The number of fused-ring (bicyclic) bond motifs is 3. The molecule has 0 amide bonds. The van der Waals surface area contributed by atoms with E-state index in [0.717, 1.165) is 41.5 Å². The molecule has 116 valence electrons. The number of aromatic nitrogens is 2. The van der Waals surface area contributed by atoms with Gasteiger partial charge < -0.3 is 14.6 Å². The lowest BCUT2D eigenvalue weighted by Crippen LogP contribution is -2.33. The summed E-state index contributed by atoms with van der Waals surface area (Å²) in [5.74, 6) is 1.65. The molecule has 0 spiro atoms. The summed E-state index contributed by atoms with van der Waals surface area (Å²) in [6, 6.07) is 15.9. The number of hydrogen-bond donors (Lipinski definition) is 1. The smallest absolute Gasteiger partial charge is 0.213 e. The summed E-state index contributed by atoms with van der Waals surface area (Å²) in [5.41, 5.74) is 2.99. The Morgan fingerprint density at radius 1 is 1.13 bits per heavy atom. The first-order chi connectivity index (χ1) is 11.3. The Hall–Kier alpha value is -2.60. The van der Waals surface area contributed by atoms with E-state index in [-0.39, 0.29) is 0 Å². The average molecular weight is 324 g/mol. The third-order valence-corrected chi connectivity index (χ3v) is 4.34. The molecule has 5 nitrogen and oxygen atoms in total. The van der Waals surface area contributed by atoms with Crippen LogP contribution < -0.4 is 15.0 Å². The van der Waals surface area contributed by atoms with Crippen LogP contribution in [0.3, 0.4) is 0 Å². The summed E-state index contributed by atoms with van der Waals surface area (Å²) in [6.07, 6.45) is 0. The number of hydrogen-bond acceptors (Lipinski definition) is 3. The van der Waals surface area contributed by atoms with Crippen LogP contribution in [0.25, 0.3) is 11.0 Å². The molecule has 23 heavy (non-hydrogen) atoms. The number of thiocarbonyl (C=S) groups is 1. The zero-order chi connectivity index (χ0) is 15.8. The largest absolute Gasteiger partial charge is 0.495 e. The van der Waals surface area contributed by atoms with Gasteiger partial charge in [-0.3, -0.25) is 4.90 Å². The zero-order valence-electron chi connectivity index (χ0n) is 12.7. The van der Waals surface area contributed by atoms with E-state index in [4.69, 9.17) is 21.9 Å². The fourth-order valence-corrected chi connectivity index (χ4v) is 3.20. The highest BCUT2D eigenvalue weighted by molar-refractivity contribution is 7.80. The number of nitrogens with one attached hydrogen (secondary N) is 1. The van der Waals surface area contributed by atoms with Crippen LogP contribution in [-0.2, 0) is 6.54 Å². The molecule has 0 saturated heterocycles. The Bertz CT molecular complexity index is 889. The lowest BCUT2D eigenvalue weighted by atomic mass is 10.3. The van der Waals surface area contributed by atoms with Gasteiger partial charge in [-0.05, 0) is 36.5 Å². The highest BCUT2D eigenvalue weighted by Crippen LogP contribution is 2.29. The first kappa shape index (κ1) is 14.0. The van der Waals surface area contributed by atoms with Crippen molar-refractivity contribution in [3.05, 3.63) is 48.5 Å². The molecule has 2 heterocycles. The van der Waals surface area contributed by atoms with Crippen LogP contribution in [0.15, 0.2) is 48.5 Å². The van der Waals surface area contributed by atoms with Crippen molar-refractivity contribution < 1.29 is 4.74 Å². The molecule has 2 aromatic carbocycles. The summed E-state index contributed by atoms with van der Waals surface area (Å²) in [4.78, 5) is 6.74. The van der Waals surface area contributed by atoms with Crippen LogP contribution in [0.2, 0.25) is 0 Å². The summed E-state index contributed by atoms with van der Waals surface area (Å²) >= 11 is 5.59. The molecule has 1 aliphatic heterocycles. The lowest BCUT2D eigenvalue weighted by Gasteiger charge is -2.19. The van der Waals surface area contributed by atoms with Gasteiger partial charge in [0.2, 0.25) is 5.95 Å². The number of imidazole rings is 1. The van der Waals surface area contributed by atoms with E-state index < -0.39 is 0 Å². The van der Waals surface area contributed by atoms with Crippen molar-refractivity contribution in [1.82, 2.24) is 9.55 Å². The molecule has 0 bridgehead atoms. The molecule has 1 N–H and O–H groups in total. The molecule has 0 aliphatic carbocycles. The van der Waals surface area contributed by atoms with Crippen LogP contribution in [0.5, 0.6) is 5.75 Å². The third-order valence-electron chi connectivity index (χ3n) is 4.02. The zero-order valence-corrected chi connectivity index (χ0v) is 13.5. The van der Waals surface area contributed by atoms with Gasteiger partial charge in [0.05, 0.1) is 23.8 Å². The first-order valence-electron chi connectivity index (χ1n) is 7.45. The van der Waals surface area contributed by atoms with Crippen LogP contribution in [-0.4, -0.2) is 28.3 Å². The van der Waals surface area contributed by atoms with E-state index in [0.29, 0.717) is 5.11 Å². The number of para-hydroxylation sites is 4. The van der Waals surface area contributed by atoms with Gasteiger partial charge in [-0.25, -0.2) is 4.98 Å². The van der Waals surface area contributed by atoms with Crippen molar-refractivity contribution in [2.24, 2.45) is 0 Å². The molecular formula is C17H16N4OS. The molecule has 1 aliphatic rings. The van der Waals surface area contributed by atoms with E-state index in [1.165, 1.54) is 0 Å². The van der Waals surface area contributed by atoms with Crippen LogP contribution in [0, 0.1) is 0 Å². The van der Waals surface area contributed by atoms with Gasteiger partial charge in [0.25, 0.3) is 0 Å². The molecule has 0 fully saturated rings. The van der Waals surface area contributed by atoms with E-state index in [1.54, 1.807) is 7.11 Å². The minimum Gasteiger partial charge on any atom is -0.495 e. The van der Waals surface area contributed by atoms with Crippen LogP contribution >= 0.6 is 12.2 Å². The summed E-state index contributed by atoms with van der Waals surface area (Å²) in [5, 5.41) is 3.90. The summed E-state index contributed by atoms with van der Waals surface area (Å²) in [6.45, 7) is 1.69. The van der Waals surface area contributed by atoms with Crippen LogP contribution in [0.4, 0.5) is 11.6 Å². The van der Waals surface area contributed by atoms with Crippen molar-refractivity contribution in [2.75, 3.05) is 23.9 Å². The van der Waals surface area contributed by atoms with Gasteiger partial charge in [0.15, 0.2) is 5.11 Å². The average Bonchev–Trinajstić information content (AvgIpc) is 3.14. The Labute approximate surface area is 139 Å². The molecule has 0 saturated carbocycles. The number of rotatable bonds is 2. The van der Waals surface area contributed by atoms with E-state index in [9.17, 15) is 0 Å².